The molecule has 0 aliphatic rings. The fraction of sp³-hybridized carbons (Fsp3) is 0.333. The molecule has 0 bridgehead atoms. The third-order valence-corrected chi connectivity index (χ3v) is 2.78. The Bertz CT molecular complexity index is 454. The van der Waals surface area contributed by atoms with Crippen molar-refractivity contribution in [3.05, 3.63) is 28.8 Å². The summed E-state index contributed by atoms with van der Waals surface area (Å²) in [6, 6.07) is 7.44. The van der Waals surface area contributed by atoms with E-state index in [0.717, 1.165) is 11.3 Å². The summed E-state index contributed by atoms with van der Waals surface area (Å²) >= 11 is 5.99. The maximum Gasteiger partial charge on any atom is 0.305 e. The minimum atomic E-state index is -0.883. The van der Waals surface area contributed by atoms with Crippen molar-refractivity contribution in [2.45, 2.75) is 13.3 Å². The summed E-state index contributed by atoms with van der Waals surface area (Å²) in [6.07, 6.45) is -0.00677. The van der Waals surface area contributed by atoms with Gasteiger partial charge in [-0.05, 0) is 24.6 Å². The van der Waals surface area contributed by atoms with Crippen LogP contribution in [0.15, 0.2) is 18.2 Å². The van der Waals surface area contributed by atoms with Gasteiger partial charge in [0.25, 0.3) is 0 Å². The van der Waals surface area contributed by atoms with Gasteiger partial charge in [0, 0.05) is 17.3 Å². The molecule has 0 aliphatic carbocycles. The number of aliphatic carboxylic acids is 1. The molecule has 0 spiro atoms. The lowest BCUT2D eigenvalue weighted by Crippen LogP contribution is -2.26. The Morgan fingerprint density at radius 2 is 2.29 bits per heavy atom. The molecule has 1 aromatic rings. The number of nitriles is 1. The number of aryl methyl sites for hydroxylation is 1. The largest absolute Gasteiger partial charge is 0.481 e. The predicted molar refractivity (Wildman–Crippen MR) is 66.3 cm³/mol. The van der Waals surface area contributed by atoms with E-state index in [-0.39, 0.29) is 13.0 Å². The molecule has 0 heterocycles. The number of rotatable bonds is 5. The smallest absolute Gasteiger partial charge is 0.305 e. The highest BCUT2D eigenvalue weighted by Crippen LogP contribution is 2.23. The van der Waals surface area contributed by atoms with E-state index < -0.39 is 5.97 Å². The van der Waals surface area contributed by atoms with Crippen LogP contribution in [0.2, 0.25) is 5.02 Å². The van der Waals surface area contributed by atoms with Crippen LogP contribution in [0.5, 0.6) is 0 Å². The molecule has 1 N–H and O–H groups in total. The summed E-state index contributed by atoms with van der Waals surface area (Å²) in [5.74, 6) is -0.883. The van der Waals surface area contributed by atoms with Crippen molar-refractivity contribution in [1.82, 2.24) is 0 Å². The first-order valence-corrected chi connectivity index (χ1v) is 5.52. The second-order valence-corrected chi connectivity index (χ2v) is 4.06. The second kappa shape index (κ2) is 6.12. The maximum absolute atomic E-state index is 10.5. The Morgan fingerprint density at radius 3 is 2.82 bits per heavy atom. The van der Waals surface area contributed by atoms with E-state index in [1.165, 1.54) is 0 Å². The number of carboxylic acids is 1. The van der Waals surface area contributed by atoms with Crippen molar-refractivity contribution < 1.29 is 9.90 Å². The molecule has 0 fully saturated rings. The third-order valence-electron chi connectivity index (χ3n) is 2.38. The third kappa shape index (κ3) is 3.97. The monoisotopic (exact) mass is 252 g/mol. The number of anilines is 1. The molecule has 0 aromatic heterocycles. The lowest BCUT2D eigenvalue weighted by molar-refractivity contribution is -0.136. The van der Waals surface area contributed by atoms with Gasteiger partial charge in [0.05, 0.1) is 12.5 Å². The number of nitrogens with zero attached hydrogens (tertiary/aromatic N) is 2. The highest BCUT2D eigenvalue weighted by atomic mass is 35.5. The number of hydrogen-bond donors (Lipinski definition) is 1. The van der Waals surface area contributed by atoms with Gasteiger partial charge in [-0.3, -0.25) is 4.79 Å². The van der Waals surface area contributed by atoms with E-state index in [1.807, 2.05) is 25.1 Å². The number of hydrogen-bond acceptors (Lipinski definition) is 3. The first kappa shape index (κ1) is 13.3. The molecule has 1 aromatic carbocycles. The van der Waals surface area contributed by atoms with Gasteiger partial charge in [0.15, 0.2) is 0 Å². The fourth-order valence-electron chi connectivity index (χ4n) is 1.39. The van der Waals surface area contributed by atoms with E-state index >= 15 is 0 Å². The van der Waals surface area contributed by atoms with Crippen molar-refractivity contribution in [2.24, 2.45) is 0 Å². The van der Waals surface area contributed by atoms with Crippen molar-refractivity contribution >= 4 is 23.3 Å². The number of carboxylic acid groups (broad SMARTS) is 1. The van der Waals surface area contributed by atoms with Crippen molar-refractivity contribution in [3.63, 3.8) is 0 Å². The Morgan fingerprint density at radius 1 is 1.59 bits per heavy atom. The summed E-state index contributed by atoms with van der Waals surface area (Å²) in [5, 5.41) is 18.0. The summed E-state index contributed by atoms with van der Waals surface area (Å²) < 4.78 is 0. The second-order valence-electron chi connectivity index (χ2n) is 3.66. The fourth-order valence-corrected chi connectivity index (χ4v) is 1.57. The zero-order valence-corrected chi connectivity index (χ0v) is 10.2. The first-order valence-electron chi connectivity index (χ1n) is 5.14. The topological polar surface area (TPSA) is 64.3 Å². The van der Waals surface area contributed by atoms with Crippen LogP contribution in [-0.4, -0.2) is 24.2 Å². The van der Waals surface area contributed by atoms with Gasteiger partial charge in [-0.15, -0.1) is 0 Å². The van der Waals surface area contributed by atoms with Gasteiger partial charge in [-0.2, -0.15) is 5.26 Å². The van der Waals surface area contributed by atoms with Gasteiger partial charge in [0.2, 0.25) is 0 Å². The highest BCUT2D eigenvalue weighted by molar-refractivity contribution is 6.31. The molecule has 0 atom stereocenters. The lowest BCUT2D eigenvalue weighted by atomic mass is 10.2. The van der Waals surface area contributed by atoms with Crippen molar-refractivity contribution in [1.29, 1.82) is 5.26 Å². The average Bonchev–Trinajstić information content (AvgIpc) is 2.28. The van der Waals surface area contributed by atoms with E-state index in [0.29, 0.717) is 11.6 Å². The molecule has 4 nitrogen and oxygen atoms in total. The SMILES string of the molecule is Cc1ccc(N(CC#N)CCC(=O)O)cc1Cl. The highest BCUT2D eigenvalue weighted by Gasteiger charge is 2.09. The maximum atomic E-state index is 10.5. The average molecular weight is 253 g/mol. The Labute approximate surface area is 105 Å². The zero-order chi connectivity index (χ0) is 12.8. The minimum absolute atomic E-state index is 0.00677. The normalized spacial score (nSPS) is 9.71. The van der Waals surface area contributed by atoms with E-state index in [1.54, 1.807) is 11.0 Å². The van der Waals surface area contributed by atoms with Crippen LogP contribution in [0.3, 0.4) is 0 Å². The lowest BCUT2D eigenvalue weighted by Gasteiger charge is -2.21. The number of halogens is 1. The predicted octanol–water partition coefficient (Wildman–Crippen LogP) is 2.45. The molecule has 1 rings (SSSR count). The van der Waals surface area contributed by atoms with Gasteiger partial charge >= 0.3 is 5.97 Å². The van der Waals surface area contributed by atoms with Crippen LogP contribution in [0.1, 0.15) is 12.0 Å². The van der Waals surface area contributed by atoms with Gasteiger partial charge in [0.1, 0.15) is 6.54 Å². The van der Waals surface area contributed by atoms with E-state index in [9.17, 15) is 4.79 Å². The van der Waals surface area contributed by atoms with Gasteiger partial charge in [-0.1, -0.05) is 17.7 Å². The van der Waals surface area contributed by atoms with Crippen LogP contribution in [-0.2, 0) is 4.79 Å². The zero-order valence-electron chi connectivity index (χ0n) is 9.48. The Balaban J connectivity index is 2.85. The number of carbonyl (C=O) groups is 1. The Kier molecular flexibility index (Phi) is 4.80. The molecule has 0 amide bonds. The number of benzene rings is 1. The standard InChI is InChI=1S/C12H13ClN2O2/c1-9-2-3-10(8-11(9)13)15(7-5-14)6-4-12(16)17/h2-3,8H,4,6-7H2,1H3,(H,16,17). The van der Waals surface area contributed by atoms with Crippen molar-refractivity contribution in [2.75, 3.05) is 18.0 Å². The molecule has 0 saturated heterocycles. The quantitative estimate of drug-likeness (QED) is 0.818. The summed E-state index contributed by atoms with van der Waals surface area (Å²) in [4.78, 5) is 12.2. The Hall–Kier alpha value is -1.73. The summed E-state index contributed by atoms with van der Waals surface area (Å²) in [7, 11) is 0. The molecular formula is C12H13ClN2O2. The summed E-state index contributed by atoms with van der Waals surface area (Å²) in [6.45, 7) is 2.33. The van der Waals surface area contributed by atoms with Crippen LogP contribution in [0.4, 0.5) is 5.69 Å². The van der Waals surface area contributed by atoms with E-state index in [4.69, 9.17) is 22.0 Å². The van der Waals surface area contributed by atoms with Gasteiger partial charge in [-0.25, -0.2) is 0 Å². The van der Waals surface area contributed by atoms with Crippen LogP contribution >= 0.6 is 11.6 Å². The first-order chi connectivity index (χ1) is 8.04. The molecule has 0 aliphatic heterocycles. The van der Waals surface area contributed by atoms with Crippen LogP contribution < -0.4 is 4.90 Å². The van der Waals surface area contributed by atoms with Crippen LogP contribution in [0, 0.1) is 18.3 Å². The van der Waals surface area contributed by atoms with Crippen molar-refractivity contribution in [3.8, 4) is 6.07 Å². The minimum Gasteiger partial charge on any atom is -0.481 e. The summed E-state index contributed by atoms with van der Waals surface area (Å²) in [5.41, 5.74) is 1.72. The molecule has 0 saturated carbocycles. The van der Waals surface area contributed by atoms with E-state index in [2.05, 4.69) is 0 Å². The molecule has 0 radical (unpaired) electrons. The molecule has 90 valence electrons. The molecule has 5 heteroatoms. The molecular weight excluding hydrogens is 240 g/mol. The molecule has 0 unspecified atom stereocenters. The van der Waals surface area contributed by atoms with Gasteiger partial charge < -0.3 is 10.0 Å². The molecule has 17 heavy (non-hydrogen) atoms. The van der Waals surface area contributed by atoms with Crippen LogP contribution in [0.25, 0.3) is 0 Å².